The fourth-order valence-corrected chi connectivity index (χ4v) is 4.22. The van der Waals surface area contributed by atoms with Crippen LogP contribution in [0.2, 0.25) is 0 Å². The summed E-state index contributed by atoms with van der Waals surface area (Å²) in [5, 5.41) is 14.2. The average Bonchev–Trinajstić information content (AvgIpc) is 3.18. The maximum atomic E-state index is 12.4. The predicted molar refractivity (Wildman–Crippen MR) is 90.7 cm³/mol. The summed E-state index contributed by atoms with van der Waals surface area (Å²) in [5.41, 5.74) is 1.14. The van der Waals surface area contributed by atoms with E-state index in [9.17, 15) is 9.90 Å². The average molecular weight is 336 g/mol. The van der Waals surface area contributed by atoms with E-state index < -0.39 is 6.10 Å². The number of hydrogen-bond donors (Lipinski definition) is 1. The standard InChI is InChI=1S/C16H20N2O2S2/c1-12-9-15(22-11-12)16(20)18-6-4-17(5-7-18)10-13(19)14-3-2-8-21-14/h2-3,8-9,11,13,19H,4-7,10H2,1H3. The number of amides is 1. The van der Waals surface area contributed by atoms with E-state index in [1.165, 1.54) is 11.3 Å². The van der Waals surface area contributed by atoms with Gasteiger partial charge in [-0.1, -0.05) is 6.07 Å². The van der Waals surface area contributed by atoms with E-state index in [0.29, 0.717) is 6.54 Å². The largest absolute Gasteiger partial charge is 0.386 e. The lowest BCUT2D eigenvalue weighted by Gasteiger charge is -2.35. The molecule has 2 aromatic rings. The van der Waals surface area contributed by atoms with Crippen LogP contribution in [-0.4, -0.2) is 53.5 Å². The van der Waals surface area contributed by atoms with E-state index in [2.05, 4.69) is 4.90 Å². The maximum Gasteiger partial charge on any atom is 0.264 e. The molecule has 3 rings (SSSR count). The molecule has 1 aliphatic heterocycles. The van der Waals surface area contributed by atoms with Crippen molar-refractivity contribution >= 4 is 28.6 Å². The number of aliphatic hydroxyl groups excluding tert-OH is 1. The van der Waals surface area contributed by atoms with Gasteiger partial charge in [0.25, 0.3) is 5.91 Å². The van der Waals surface area contributed by atoms with E-state index >= 15 is 0 Å². The molecule has 0 bridgehead atoms. The second-order valence-corrected chi connectivity index (χ2v) is 7.50. The SMILES string of the molecule is Cc1csc(C(=O)N2CCN(CC(O)c3cccs3)CC2)c1. The first-order valence-corrected chi connectivity index (χ1v) is 9.17. The second kappa shape index (κ2) is 6.91. The third-order valence-electron chi connectivity index (χ3n) is 3.90. The second-order valence-electron chi connectivity index (χ2n) is 5.61. The highest BCUT2D eigenvalue weighted by atomic mass is 32.1. The van der Waals surface area contributed by atoms with Crippen LogP contribution < -0.4 is 0 Å². The molecule has 1 amide bonds. The van der Waals surface area contributed by atoms with Gasteiger partial charge in [-0.3, -0.25) is 9.69 Å². The van der Waals surface area contributed by atoms with Gasteiger partial charge in [0.05, 0.1) is 4.88 Å². The molecule has 1 aliphatic rings. The van der Waals surface area contributed by atoms with Crippen molar-refractivity contribution < 1.29 is 9.90 Å². The minimum absolute atomic E-state index is 0.136. The van der Waals surface area contributed by atoms with Gasteiger partial charge < -0.3 is 10.0 Å². The number of β-amino-alcohol motifs (C(OH)–C–C–N with tert-alkyl or cyclic N) is 1. The van der Waals surface area contributed by atoms with Gasteiger partial charge in [-0.25, -0.2) is 0 Å². The van der Waals surface area contributed by atoms with Crippen molar-refractivity contribution in [3.63, 3.8) is 0 Å². The van der Waals surface area contributed by atoms with Gasteiger partial charge in [0.2, 0.25) is 0 Å². The van der Waals surface area contributed by atoms with Crippen LogP contribution >= 0.6 is 22.7 Å². The zero-order valence-corrected chi connectivity index (χ0v) is 14.2. The summed E-state index contributed by atoms with van der Waals surface area (Å²) in [5.74, 6) is 0.136. The maximum absolute atomic E-state index is 12.4. The van der Waals surface area contributed by atoms with Gasteiger partial charge in [-0.15, -0.1) is 22.7 Å². The molecule has 118 valence electrons. The number of carbonyl (C=O) groups excluding carboxylic acids is 1. The Hall–Kier alpha value is -1.21. The Morgan fingerprint density at radius 3 is 2.68 bits per heavy atom. The smallest absolute Gasteiger partial charge is 0.264 e. The Kier molecular flexibility index (Phi) is 4.93. The topological polar surface area (TPSA) is 43.8 Å². The zero-order chi connectivity index (χ0) is 15.5. The van der Waals surface area contributed by atoms with Crippen molar-refractivity contribution in [1.82, 2.24) is 9.80 Å². The molecule has 6 heteroatoms. The molecule has 0 radical (unpaired) electrons. The first-order valence-electron chi connectivity index (χ1n) is 7.42. The number of thiophene rings is 2. The molecule has 3 heterocycles. The summed E-state index contributed by atoms with van der Waals surface area (Å²) in [4.78, 5) is 18.4. The fraction of sp³-hybridized carbons (Fsp3) is 0.438. The van der Waals surface area contributed by atoms with Crippen LogP contribution in [0.15, 0.2) is 29.0 Å². The van der Waals surface area contributed by atoms with E-state index in [-0.39, 0.29) is 5.91 Å². The van der Waals surface area contributed by atoms with Gasteiger partial charge in [0.1, 0.15) is 6.10 Å². The normalized spacial score (nSPS) is 17.6. The summed E-state index contributed by atoms with van der Waals surface area (Å²) in [6.45, 7) is 5.74. The van der Waals surface area contributed by atoms with Gasteiger partial charge >= 0.3 is 0 Å². The monoisotopic (exact) mass is 336 g/mol. The molecule has 1 unspecified atom stereocenters. The number of hydrogen-bond acceptors (Lipinski definition) is 5. The van der Waals surface area contributed by atoms with E-state index in [4.69, 9.17) is 0 Å². The molecule has 0 spiro atoms. The van der Waals surface area contributed by atoms with Crippen molar-refractivity contribution in [2.75, 3.05) is 32.7 Å². The number of rotatable bonds is 4. The predicted octanol–water partition coefficient (Wildman–Crippen LogP) is 2.61. The molecule has 1 saturated heterocycles. The van der Waals surface area contributed by atoms with Gasteiger partial charge in [-0.2, -0.15) is 0 Å². The molecule has 0 saturated carbocycles. The number of aryl methyl sites for hydroxylation is 1. The molecule has 4 nitrogen and oxygen atoms in total. The van der Waals surface area contributed by atoms with Crippen LogP contribution in [0.4, 0.5) is 0 Å². The number of piperazine rings is 1. The Bertz CT molecular complexity index is 616. The minimum atomic E-state index is -0.429. The molecule has 2 aromatic heterocycles. The van der Waals surface area contributed by atoms with Crippen LogP contribution in [0.1, 0.15) is 26.2 Å². The lowest BCUT2D eigenvalue weighted by molar-refractivity contribution is 0.0536. The molecule has 22 heavy (non-hydrogen) atoms. The quantitative estimate of drug-likeness (QED) is 0.933. The van der Waals surface area contributed by atoms with Crippen LogP contribution in [0.25, 0.3) is 0 Å². The van der Waals surface area contributed by atoms with Crippen molar-refractivity contribution in [1.29, 1.82) is 0 Å². The fourth-order valence-electron chi connectivity index (χ4n) is 2.65. The summed E-state index contributed by atoms with van der Waals surface area (Å²) in [6.07, 6.45) is -0.429. The molecule has 1 N–H and O–H groups in total. The minimum Gasteiger partial charge on any atom is -0.386 e. The van der Waals surface area contributed by atoms with Gasteiger partial charge in [-0.05, 0) is 35.4 Å². The summed E-state index contributed by atoms with van der Waals surface area (Å²) in [6, 6.07) is 5.89. The Morgan fingerprint density at radius 2 is 2.09 bits per heavy atom. The zero-order valence-electron chi connectivity index (χ0n) is 12.6. The molecular weight excluding hydrogens is 316 g/mol. The number of carbonyl (C=O) groups is 1. The van der Waals surface area contributed by atoms with Crippen molar-refractivity contribution in [3.05, 3.63) is 44.3 Å². The Labute approximate surface area is 138 Å². The molecule has 0 aliphatic carbocycles. The van der Waals surface area contributed by atoms with Crippen LogP contribution in [0, 0.1) is 6.92 Å². The number of nitrogens with zero attached hydrogens (tertiary/aromatic N) is 2. The third-order valence-corrected chi connectivity index (χ3v) is 5.91. The van der Waals surface area contributed by atoms with Gasteiger partial charge in [0.15, 0.2) is 0 Å². The van der Waals surface area contributed by atoms with E-state index in [1.807, 2.05) is 40.8 Å². The highest BCUT2D eigenvalue weighted by Gasteiger charge is 2.24. The summed E-state index contributed by atoms with van der Waals surface area (Å²) >= 11 is 3.10. The van der Waals surface area contributed by atoms with E-state index in [1.54, 1.807) is 11.3 Å². The van der Waals surface area contributed by atoms with Crippen molar-refractivity contribution in [2.24, 2.45) is 0 Å². The molecule has 1 fully saturated rings. The third kappa shape index (κ3) is 3.57. The van der Waals surface area contributed by atoms with Gasteiger partial charge in [0, 0.05) is 37.6 Å². The van der Waals surface area contributed by atoms with E-state index in [0.717, 1.165) is 41.5 Å². The molecular formula is C16H20N2O2S2. The highest BCUT2D eigenvalue weighted by Crippen LogP contribution is 2.21. The van der Waals surface area contributed by atoms with Crippen molar-refractivity contribution in [3.8, 4) is 0 Å². The first kappa shape index (κ1) is 15.7. The van der Waals surface area contributed by atoms with Crippen LogP contribution in [0.5, 0.6) is 0 Å². The molecule has 0 aromatic carbocycles. The Morgan fingerprint density at radius 1 is 1.32 bits per heavy atom. The number of aliphatic hydroxyl groups is 1. The lowest BCUT2D eigenvalue weighted by Crippen LogP contribution is -2.49. The van der Waals surface area contributed by atoms with Crippen LogP contribution in [-0.2, 0) is 0 Å². The van der Waals surface area contributed by atoms with Crippen molar-refractivity contribution in [2.45, 2.75) is 13.0 Å². The first-order chi connectivity index (χ1) is 10.6. The Balaban J connectivity index is 1.51. The lowest BCUT2D eigenvalue weighted by atomic mass is 10.2. The summed E-state index contributed by atoms with van der Waals surface area (Å²) in [7, 11) is 0. The summed E-state index contributed by atoms with van der Waals surface area (Å²) < 4.78 is 0. The van der Waals surface area contributed by atoms with Crippen LogP contribution in [0.3, 0.4) is 0 Å². The highest BCUT2D eigenvalue weighted by molar-refractivity contribution is 7.12. The molecule has 1 atom stereocenters.